The van der Waals surface area contributed by atoms with E-state index in [0.29, 0.717) is 11.7 Å². The fraction of sp³-hybridized carbons (Fsp3) is 0.714. The van der Waals surface area contributed by atoms with Crippen molar-refractivity contribution in [2.45, 2.75) is 19.6 Å². The fourth-order valence-corrected chi connectivity index (χ4v) is 1.58. The molecule has 5 heteroatoms. The van der Waals surface area contributed by atoms with Crippen LogP contribution in [0.15, 0.2) is 0 Å². The quantitative estimate of drug-likeness (QED) is 0.479. The highest BCUT2D eigenvalue weighted by Crippen LogP contribution is 2.17. The predicted molar refractivity (Wildman–Crippen MR) is 48.5 cm³/mol. The summed E-state index contributed by atoms with van der Waals surface area (Å²) in [6.45, 7) is 3.40. The van der Waals surface area contributed by atoms with Crippen LogP contribution in [-0.2, 0) is 4.79 Å². The Bertz CT molecular complexity index is 227. The van der Waals surface area contributed by atoms with E-state index in [1.807, 2.05) is 0 Å². The smallest absolute Gasteiger partial charge is 0.168 e. The Morgan fingerprint density at radius 1 is 1.83 bits per heavy atom. The maximum atomic E-state index is 11.0. The molecule has 0 aromatic carbocycles. The second-order valence-corrected chi connectivity index (χ2v) is 3.55. The van der Waals surface area contributed by atoms with Gasteiger partial charge in [-0.2, -0.15) is 0 Å². The summed E-state index contributed by atoms with van der Waals surface area (Å²) in [5.74, 6) is -0.494. The summed E-state index contributed by atoms with van der Waals surface area (Å²) in [5, 5.41) is 15.6. The van der Waals surface area contributed by atoms with E-state index in [4.69, 9.17) is 12.2 Å². The lowest BCUT2D eigenvalue weighted by Gasteiger charge is -2.37. The van der Waals surface area contributed by atoms with Crippen LogP contribution in [0.5, 0.6) is 0 Å². The Labute approximate surface area is 76.3 Å². The molecule has 0 spiro atoms. The van der Waals surface area contributed by atoms with Crippen molar-refractivity contribution in [3.8, 4) is 0 Å². The molecule has 1 saturated heterocycles. The Hall–Kier alpha value is -0.680. The first-order valence-corrected chi connectivity index (χ1v) is 4.13. The first-order valence-electron chi connectivity index (χ1n) is 3.72. The Kier molecular flexibility index (Phi) is 2.34. The molecule has 0 aliphatic carbocycles. The minimum Gasteiger partial charge on any atom is -0.370 e. The minimum absolute atomic E-state index is 0.0532. The van der Waals surface area contributed by atoms with Gasteiger partial charge in [0.2, 0.25) is 0 Å². The average Bonchev–Trinajstić information content (AvgIpc) is 1.82. The van der Waals surface area contributed by atoms with E-state index in [9.17, 15) is 9.90 Å². The lowest BCUT2D eigenvalue weighted by Crippen LogP contribution is -2.64. The predicted octanol–water partition coefficient (Wildman–Crippen LogP) is -0.622. The molecular formula is C7H12N2O2S. The number of aliphatic hydroxyl groups is 1. The van der Waals surface area contributed by atoms with Crippen LogP contribution in [0.3, 0.4) is 0 Å². The molecule has 1 fully saturated rings. The van der Waals surface area contributed by atoms with Gasteiger partial charge in [0, 0.05) is 6.54 Å². The molecule has 0 radical (unpaired) electrons. The van der Waals surface area contributed by atoms with Crippen molar-refractivity contribution in [3.05, 3.63) is 0 Å². The maximum Gasteiger partial charge on any atom is 0.168 e. The van der Waals surface area contributed by atoms with Crippen LogP contribution in [0, 0.1) is 5.92 Å². The number of ketones is 1. The van der Waals surface area contributed by atoms with Gasteiger partial charge >= 0.3 is 0 Å². The molecule has 0 amide bonds. The van der Waals surface area contributed by atoms with Gasteiger partial charge in [0.25, 0.3) is 0 Å². The number of hydrogen-bond donors (Lipinski definition) is 3. The zero-order valence-electron chi connectivity index (χ0n) is 7.05. The zero-order chi connectivity index (χ0) is 9.35. The second-order valence-electron chi connectivity index (χ2n) is 3.15. The van der Waals surface area contributed by atoms with Crippen LogP contribution in [0.4, 0.5) is 0 Å². The first kappa shape index (κ1) is 9.41. The Morgan fingerprint density at radius 2 is 2.42 bits per heavy atom. The van der Waals surface area contributed by atoms with Crippen LogP contribution in [0.2, 0.25) is 0 Å². The van der Waals surface area contributed by atoms with Crippen LogP contribution < -0.4 is 10.6 Å². The van der Waals surface area contributed by atoms with Gasteiger partial charge in [-0.3, -0.25) is 4.79 Å². The molecule has 3 N–H and O–H groups in total. The summed E-state index contributed by atoms with van der Waals surface area (Å²) in [6, 6.07) is 0. The summed E-state index contributed by atoms with van der Waals surface area (Å²) in [6.07, 6.45) is 0. The lowest BCUT2D eigenvalue weighted by molar-refractivity contribution is -0.130. The van der Waals surface area contributed by atoms with E-state index in [1.54, 1.807) is 6.92 Å². The molecule has 0 saturated carbocycles. The average molecular weight is 188 g/mol. The maximum absolute atomic E-state index is 11.0. The fourth-order valence-electron chi connectivity index (χ4n) is 1.29. The van der Waals surface area contributed by atoms with E-state index < -0.39 is 11.6 Å². The highest BCUT2D eigenvalue weighted by Gasteiger charge is 2.38. The van der Waals surface area contributed by atoms with Crippen molar-refractivity contribution in [2.75, 3.05) is 6.54 Å². The molecule has 0 aromatic heterocycles. The van der Waals surface area contributed by atoms with E-state index >= 15 is 0 Å². The SMILES string of the molecule is CC(=O)[C@@H]1CNC(=S)N[C@]1(C)O. The largest absolute Gasteiger partial charge is 0.370 e. The van der Waals surface area contributed by atoms with Gasteiger partial charge in [-0.25, -0.2) is 0 Å². The van der Waals surface area contributed by atoms with Gasteiger partial charge in [-0.15, -0.1) is 0 Å². The van der Waals surface area contributed by atoms with Crippen molar-refractivity contribution >= 4 is 23.1 Å². The molecule has 0 bridgehead atoms. The van der Waals surface area contributed by atoms with Crippen molar-refractivity contribution in [3.63, 3.8) is 0 Å². The number of thiocarbonyl (C=S) groups is 1. The molecule has 68 valence electrons. The third-order valence-corrected chi connectivity index (χ3v) is 2.25. The van der Waals surface area contributed by atoms with Crippen LogP contribution >= 0.6 is 12.2 Å². The number of Topliss-reactive ketones (excluding diaryl/α,β-unsaturated/α-hetero) is 1. The molecule has 1 aliphatic rings. The normalized spacial score (nSPS) is 35.2. The molecule has 1 rings (SSSR count). The van der Waals surface area contributed by atoms with Gasteiger partial charge in [-0.1, -0.05) is 0 Å². The third-order valence-electron chi connectivity index (χ3n) is 2.00. The van der Waals surface area contributed by atoms with Crippen molar-refractivity contribution < 1.29 is 9.90 Å². The van der Waals surface area contributed by atoms with Crippen LogP contribution in [-0.4, -0.2) is 28.3 Å². The van der Waals surface area contributed by atoms with E-state index in [-0.39, 0.29) is 5.78 Å². The van der Waals surface area contributed by atoms with E-state index in [0.717, 1.165) is 0 Å². The molecule has 1 aliphatic heterocycles. The van der Waals surface area contributed by atoms with Crippen LogP contribution in [0.25, 0.3) is 0 Å². The Morgan fingerprint density at radius 3 is 2.83 bits per heavy atom. The van der Waals surface area contributed by atoms with Gasteiger partial charge in [-0.05, 0) is 26.1 Å². The lowest BCUT2D eigenvalue weighted by atomic mass is 9.92. The van der Waals surface area contributed by atoms with E-state index in [2.05, 4.69) is 10.6 Å². The number of carbonyl (C=O) groups excluding carboxylic acids is 1. The third kappa shape index (κ3) is 1.73. The molecule has 2 atom stereocenters. The Balaban J connectivity index is 2.77. The van der Waals surface area contributed by atoms with Crippen LogP contribution in [0.1, 0.15) is 13.8 Å². The van der Waals surface area contributed by atoms with Crippen molar-refractivity contribution in [2.24, 2.45) is 5.92 Å². The second kappa shape index (κ2) is 2.99. The number of nitrogens with one attached hydrogen (secondary N) is 2. The number of rotatable bonds is 1. The highest BCUT2D eigenvalue weighted by molar-refractivity contribution is 7.80. The molecular weight excluding hydrogens is 176 g/mol. The van der Waals surface area contributed by atoms with Gasteiger partial charge in [0.1, 0.15) is 11.5 Å². The van der Waals surface area contributed by atoms with Gasteiger partial charge in [0.15, 0.2) is 5.11 Å². The molecule has 1 heterocycles. The summed E-state index contributed by atoms with van der Waals surface area (Å²) < 4.78 is 0. The summed E-state index contributed by atoms with van der Waals surface area (Å²) in [5.41, 5.74) is -1.21. The first-order chi connectivity index (χ1) is 5.43. The highest BCUT2D eigenvalue weighted by atomic mass is 32.1. The topological polar surface area (TPSA) is 61.4 Å². The molecule has 0 unspecified atom stereocenters. The number of carbonyl (C=O) groups is 1. The number of hydrogen-bond acceptors (Lipinski definition) is 3. The van der Waals surface area contributed by atoms with E-state index in [1.165, 1.54) is 6.92 Å². The van der Waals surface area contributed by atoms with Crippen molar-refractivity contribution in [1.29, 1.82) is 0 Å². The van der Waals surface area contributed by atoms with Crippen molar-refractivity contribution in [1.82, 2.24) is 10.6 Å². The molecule has 12 heavy (non-hydrogen) atoms. The summed E-state index contributed by atoms with van der Waals surface area (Å²) in [4.78, 5) is 11.0. The molecule has 4 nitrogen and oxygen atoms in total. The van der Waals surface area contributed by atoms with Gasteiger partial charge < -0.3 is 15.7 Å². The zero-order valence-corrected chi connectivity index (χ0v) is 7.86. The molecule has 0 aromatic rings. The standard InChI is InChI=1S/C7H12N2O2S/c1-4(10)5-3-8-6(12)9-7(5,2)11/h5,11H,3H2,1-2H3,(H2,8,9,12)/t5-,7+/m0/s1. The summed E-state index contributed by atoms with van der Waals surface area (Å²) in [7, 11) is 0. The van der Waals surface area contributed by atoms with Gasteiger partial charge in [0.05, 0.1) is 5.92 Å². The monoisotopic (exact) mass is 188 g/mol. The summed E-state index contributed by atoms with van der Waals surface area (Å²) >= 11 is 4.80. The minimum atomic E-state index is -1.21.